The van der Waals surface area contributed by atoms with Gasteiger partial charge in [-0.05, 0) is 30.3 Å². The number of nitrogens with zero attached hydrogens (tertiary/aromatic N) is 3. The van der Waals surface area contributed by atoms with Gasteiger partial charge in [0.1, 0.15) is 6.10 Å². The zero-order chi connectivity index (χ0) is 15.5. The Hall–Kier alpha value is -2.58. The van der Waals surface area contributed by atoms with Gasteiger partial charge in [-0.3, -0.25) is 4.79 Å². The lowest BCUT2D eigenvalue weighted by Crippen LogP contribution is -2.56. The molecule has 2 heterocycles. The first-order valence-corrected chi connectivity index (χ1v) is 7.11. The first-order chi connectivity index (χ1) is 10.7. The minimum Gasteiger partial charge on any atom is -0.471 e. The second-order valence-corrected chi connectivity index (χ2v) is 5.39. The van der Waals surface area contributed by atoms with Gasteiger partial charge in [0.2, 0.25) is 5.88 Å². The molecule has 1 aromatic carbocycles. The minimum atomic E-state index is -0.0994. The van der Waals surface area contributed by atoms with Gasteiger partial charge in [-0.15, -0.1) is 0 Å². The van der Waals surface area contributed by atoms with Crippen molar-refractivity contribution in [2.24, 2.45) is 0 Å². The van der Waals surface area contributed by atoms with E-state index in [0.29, 0.717) is 35.1 Å². The highest BCUT2D eigenvalue weighted by atomic mass is 35.5. The van der Waals surface area contributed by atoms with E-state index >= 15 is 0 Å². The molecule has 0 saturated carbocycles. The quantitative estimate of drug-likeness (QED) is 0.873. The van der Waals surface area contributed by atoms with Crippen LogP contribution in [0.4, 0.5) is 0 Å². The Labute approximate surface area is 132 Å². The van der Waals surface area contributed by atoms with Crippen LogP contribution in [0.2, 0.25) is 5.02 Å². The highest BCUT2D eigenvalue weighted by Crippen LogP contribution is 2.20. The molecular weight excluding hydrogens is 302 g/mol. The Bertz CT molecular complexity index is 734. The van der Waals surface area contributed by atoms with E-state index in [2.05, 4.69) is 4.98 Å². The molecule has 1 aliphatic heterocycles. The SMILES string of the molecule is N#Cc1ccnc(OC2CN(C(=O)c3ccc(Cl)cc3)C2)c1. The third-order valence-electron chi connectivity index (χ3n) is 3.38. The number of amides is 1. The van der Waals surface area contributed by atoms with Gasteiger partial charge in [0.05, 0.1) is 24.7 Å². The Kier molecular flexibility index (Phi) is 3.94. The van der Waals surface area contributed by atoms with E-state index < -0.39 is 0 Å². The molecule has 0 radical (unpaired) electrons. The maximum absolute atomic E-state index is 12.2. The van der Waals surface area contributed by atoms with Gasteiger partial charge < -0.3 is 9.64 Å². The maximum atomic E-state index is 12.2. The second-order valence-electron chi connectivity index (χ2n) is 4.95. The van der Waals surface area contributed by atoms with Crippen LogP contribution in [0, 0.1) is 11.3 Å². The lowest BCUT2D eigenvalue weighted by atomic mass is 10.1. The number of likely N-dealkylation sites (tertiary alicyclic amines) is 1. The highest BCUT2D eigenvalue weighted by molar-refractivity contribution is 6.30. The molecule has 0 bridgehead atoms. The second kappa shape index (κ2) is 6.04. The van der Waals surface area contributed by atoms with Crippen molar-refractivity contribution in [1.29, 1.82) is 5.26 Å². The van der Waals surface area contributed by atoms with Crippen molar-refractivity contribution in [3.63, 3.8) is 0 Å². The average molecular weight is 314 g/mol. The molecule has 3 rings (SSSR count). The molecule has 0 spiro atoms. The lowest BCUT2D eigenvalue weighted by molar-refractivity contribution is 0.0160. The summed E-state index contributed by atoms with van der Waals surface area (Å²) >= 11 is 5.81. The predicted molar refractivity (Wildman–Crippen MR) is 80.7 cm³/mol. The molecule has 0 unspecified atom stereocenters. The Morgan fingerprint density at radius 3 is 2.73 bits per heavy atom. The van der Waals surface area contributed by atoms with Crippen molar-refractivity contribution in [2.75, 3.05) is 13.1 Å². The summed E-state index contributed by atoms with van der Waals surface area (Å²) in [5, 5.41) is 9.43. The van der Waals surface area contributed by atoms with Crippen molar-refractivity contribution >= 4 is 17.5 Å². The summed E-state index contributed by atoms with van der Waals surface area (Å²) in [7, 11) is 0. The fourth-order valence-electron chi connectivity index (χ4n) is 2.17. The summed E-state index contributed by atoms with van der Waals surface area (Å²) in [6, 6.07) is 12.0. The van der Waals surface area contributed by atoms with Crippen LogP contribution >= 0.6 is 11.6 Å². The van der Waals surface area contributed by atoms with E-state index in [1.807, 2.05) is 6.07 Å². The normalized spacial score (nSPS) is 14.1. The third-order valence-corrected chi connectivity index (χ3v) is 3.63. The van der Waals surface area contributed by atoms with Gasteiger partial charge in [-0.1, -0.05) is 11.6 Å². The van der Waals surface area contributed by atoms with Gasteiger partial charge in [-0.25, -0.2) is 4.98 Å². The molecule has 0 N–H and O–H groups in total. The molecule has 1 saturated heterocycles. The molecule has 5 nitrogen and oxygen atoms in total. The summed E-state index contributed by atoms with van der Waals surface area (Å²) in [5.41, 5.74) is 1.10. The van der Waals surface area contributed by atoms with E-state index in [1.165, 1.54) is 6.20 Å². The number of ether oxygens (including phenoxy) is 1. The molecule has 0 aliphatic carbocycles. The fraction of sp³-hybridized carbons (Fsp3) is 0.188. The highest BCUT2D eigenvalue weighted by Gasteiger charge is 2.33. The molecule has 1 amide bonds. The smallest absolute Gasteiger partial charge is 0.254 e. The zero-order valence-corrected chi connectivity index (χ0v) is 12.3. The van der Waals surface area contributed by atoms with Crippen molar-refractivity contribution in [3.05, 3.63) is 58.7 Å². The summed E-state index contributed by atoms with van der Waals surface area (Å²) in [4.78, 5) is 18.0. The third kappa shape index (κ3) is 3.02. The van der Waals surface area contributed by atoms with E-state index in [4.69, 9.17) is 21.6 Å². The summed E-state index contributed by atoms with van der Waals surface area (Å²) in [6.45, 7) is 1.000. The first kappa shape index (κ1) is 14.4. The fourth-order valence-corrected chi connectivity index (χ4v) is 2.29. The van der Waals surface area contributed by atoms with Gasteiger partial charge >= 0.3 is 0 Å². The Balaban J connectivity index is 1.56. The van der Waals surface area contributed by atoms with Gasteiger partial charge in [-0.2, -0.15) is 5.26 Å². The van der Waals surface area contributed by atoms with Crippen LogP contribution < -0.4 is 4.74 Å². The van der Waals surface area contributed by atoms with Crippen molar-refractivity contribution in [3.8, 4) is 11.9 Å². The first-order valence-electron chi connectivity index (χ1n) is 6.73. The molecule has 6 heteroatoms. The number of rotatable bonds is 3. The Morgan fingerprint density at radius 1 is 1.32 bits per heavy atom. The average Bonchev–Trinajstić information content (AvgIpc) is 2.51. The van der Waals surface area contributed by atoms with Crippen molar-refractivity contribution in [2.45, 2.75) is 6.10 Å². The number of pyridine rings is 1. The molecule has 1 aromatic heterocycles. The van der Waals surface area contributed by atoms with Crippen LogP contribution in [0.5, 0.6) is 5.88 Å². The molecule has 22 heavy (non-hydrogen) atoms. The molecule has 110 valence electrons. The van der Waals surface area contributed by atoms with E-state index in [9.17, 15) is 4.79 Å². The summed E-state index contributed by atoms with van der Waals surface area (Å²) < 4.78 is 5.65. The molecule has 1 fully saturated rings. The maximum Gasteiger partial charge on any atom is 0.254 e. The summed E-state index contributed by atoms with van der Waals surface area (Å²) in [5.74, 6) is 0.359. The van der Waals surface area contributed by atoms with E-state index in [1.54, 1.807) is 41.3 Å². The number of nitriles is 1. The van der Waals surface area contributed by atoms with Crippen LogP contribution in [0.1, 0.15) is 15.9 Å². The van der Waals surface area contributed by atoms with Crippen LogP contribution in [0.15, 0.2) is 42.6 Å². The van der Waals surface area contributed by atoms with Gasteiger partial charge in [0.25, 0.3) is 5.91 Å². The number of benzene rings is 1. The lowest BCUT2D eigenvalue weighted by Gasteiger charge is -2.38. The van der Waals surface area contributed by atoms with E-state index in [-0.39, 0.29) is 12.0 Å². The molecule has 1 aliphatic rings. The number of hydrogen-bond acceptors (Lipinski definition) is 4. The predicted octanol–water partition coefficient (Wildman–Crippen LogP) is 2.51. The van der Waals surface area contributed by atoms with Crippen molar-refractivity contribution in [1.82, 2.24) is 9.88 Å². The number of hydrogen-bond donors (Lipinski definition) is 0. The summed E-state index contributed by atoms with van der Waals surface area (Å²) in [6.07, 6.45) is 1.43. The molecule has 2 aromatic rings. The van der Waals surface area contributed by atoms with Crippen LogP contribution in [-0.4, -0.2) is 35.0 Å². The number of aromatic nitrogens is 1. The van der Waals surface area contributed by atoms with Crippen LogP contribution in [0.3, 0.4) is 0 Å². The molecule has 0 atom stereocenters. The number of carbonyl (C=O) groups excluding carboxylic acids is 1. The number of carbonyl (C=O) groups is 1. The minimum absolute atomic E-state index is 0.0461. The van der Waals surface area contributed by atoms with Crippen LogP contribution in [0.25, 0.3) is 0 Å². The van der Waals surface area contributed by atoms with Gasteiger partial charge in [0.15, 0.2) is 0 Å². The standard InChI is InChI=1S/C16H12ClN3O2/c17-13-3-1-12(2-4-13)16(21)20-9-14(10-20)22-15-7-11(8-18)5-6-19-15/h1-7,14H,9-10H2. The Morgan fingerprint density at radius 2 is 2.05 bits per heavy atom. The van der Waals surface area contributed by atoms with Crippen LogP contribution in [-0.2, 0) is 0 Å². The largest absolute Gasteiger partial charge is 0.471 e. The number of halogens is 1. The van der Waals surface area contributed by atoms with Gasteiger partial charge in [0, 0.05) is 22.8 Å². The van der Waals surface area contributed by atoms with E-state index in [0.717, 1.165) is 0 Å². The van der Waals surface area contributed by atoms with Crippen molar-refractivity contribution < 1.29 is 9.53 Å². The zero-order valence-electron chi connectivity index (χ0n) is 11.6. The molecular formula is C16H12ClN3O2. The topological polar surface area (TPSA) is 66.2 Å². The monoisotopic (exact) mass is 313 g/mol.